The molecule has 0 radical (unpaired) electrons. The van der Waals surface area contributed by atoms with E-state index >= 15 is 0 Å². The van der Waals surface area contributed by atoms with Gasteiger partial charge in [0, 0.05) is 18.1 Å². The molecule has 24 heavy (non-hydrogen) atoms. The summed E-state index contributed by atoms with van der Waals surface area (Å²) in [7, 11) is 0. The van der Waals surface area contributed by atoms with E-state index in [2.05, 4.69) is 22.8 Å². The van der Waals surface area contributed by atoms with Crippen molar-refractivity contribution in [1.82, 2.24) is 10.6 Å². The number of rotatable bonds is 8. The predicted molar refractivity (Wildman–Crippen MR) is 95.7 cm³/mol. The monoisotopic (exact) mass is 344 g/mol. The van der Waals surface area contributed by atoms with E-state index in [-0.39, 0.29) is 18.2 Å². The van der Waals surface area contributed by atoms with Gasteiger partial charge in [-0.1, -0.05) is 54.1 Å². The Bertz CT molecular complexity index is 657. The van der Waals surface area contributed by atoms with Crippen molar-refractivity contribution < 1.29 is 9.59 Å². The lowest BCUT2D eigenvalue weighted by atomic mass is 10.1. The number of aryl methyl sites for hydroxylation is 1. The highest BCUT2D eigenvalue weighted by atomic mass is 35.5. The van der Waals surface area contributed by atoms with E-state index in [1.54, 1.807) is 12.1 Å². The minimum Gasteiger partial charge on any atom is -0.356 e. The fourth-order valence-corrected chi connectivity index (χ4v) is 2.36. The molecule has 2 amide bonds. The van der Waals surface area contributed by atoms with Crippen LogP contribution in [0, 0.1) is 0 Å². The Morgan fingerprint density at radius 2 is 1.50 bits per heavy atom. The molecule has 4 nitrogen and oxygen atoms in total. The van der Waals surface area contributed by atoms with Gasteiger partial charge in [-0.25, -0.2) is 0 Å². The highest BCUT2D eigenvalue weighted by Gasteiger charge is 2.08. The number of carbonyl (C=O) groups is 2. The van der Waals surface area contributed by atoms with E-state index in [4.69, 9.17) is 11.6 Å². The van der Waals surface area contributed by atoms with Gasteiger partial charge in [0.1, 0.15) is 6.42 Å². The van der Waals surface area contributed by atoms with E-state index in [0.29, 0.717) is 18.1 Å². The van der Waals surface area contributed by atoms with Crippen molar-refractivity contribution in [2.45, 2.75) is 25.8 Å². The number of nitrogens with one attached hydrogen (secondary N) is 2. The van der Waals surface area contributed by atoms with Crippen LogP contribution < -0.4 is 10.6 Å². The third kappa shape index (κ3) is 6.84. The van der Waals surface area contributed by atoms with Crippen molar-refractivity contribution in [3.63, 3.8) is 0 Å². The third-order valence-electron chi connectivity index (χ3n) is 3.53. The number of hydrogen-bond acceptors (Lipinski definition) is 2. The quantitative estimate of drug-likeness (QED) is 0.571. The van der Waals surface area contributed by atoms with Crippen molar-refractivity contribution in [2.75, 3.05) is 6.54 Å². The number of benzene rings is 2. The standard InChI is InChI=1S/C19H21ClN2O2/c20-17-10-8-16(9-11-17)14-22-19(24)13-18(23)21-12-4-7-15-5-2-1-3-6-15/h1-3,5-6,8-11H,4,7,12-14H2,(H,21,23)(H,22,24). The van der Waals surface area contributed by atoms with Crippen LogP contribution in [0.4, 0.5) is 0 Å². The Morgan fingerprint density at radius 1 is 0.833 bits per heavy atom. The van der Waals surface area contributed by atoms with Gasteiger partial charge in [-0.2, -0.15) is 0 Å². The minimum absolute atomic E-state index is 0.154. The third-order valence-corrected chi connectivity index (χ3v) is 3.78. The lowest BCUT2D eigenvalue weighted by Crippen LogP contribution is -2.32. The summed E-state index contributed by atoms with van der Waals surface area (Å²) >= 11 is 5.80. The zero-order valence-electron chi connectivity index (χ0n) is 13.4. The number of halogens is 1. The highest BCUT2D eigenvalue weighted by molar-refractivity contribution is 6.30. The Labute approximate surface area is 147 Å². The van der Waals surface area contributed by atoms with Crippen LogP contribution in [0.3, 0.4) is 0 Å². The van der Waals surface area contributed by atoms with Crippen LogP contribution in [0.2, 0.25) is 5.02 Å². The van der Waals surface area contributed by atoms with Gasteiger partial charge in [-0.05, 0) is 36.1 Å². The van der Waals surface area contributed by atoms with E-state index in [1.807, 2.05) is 30.3 Å². The Kier molecular flexibility index (Phi) is 7.30. The first-order valence-corrected chi connectivity index (χ1v) is 8.33. The molecule has 2 aromatic carbocycles. The summed E-state index contributed by atoms with van der Waals surface area (Å²) in [4.78, 5) is 23.5. The van der Waals surface area contributed by atoms with Crippen molar-refractivity contribution in [3.8, 4) is 0 Å². The molecular formula is C19H21ClN2O2. The average molecular weight is 345 g/mol. The molecule has 2 N–H and O–H groups in total. The number of hydrogen-bond donors (Lipinski definition) is 2. The first-order valence-electron chi connectivity index (χ1n) is 7.95. The second kappa shape index (κ2) is 9.73. The molecule has 0 aliphatic heterocycles. The highest BCUT2D eigenvalue weighted by Crippen LogP contribution is 2.09. The summed E-state index contributed by atoms with van der Waals surface area (Å²) in [6.45, 7) is 0.954. The summed E-state index contributed by atoms with van der Waals surface area (Å²) in [5.41, 5.74) is 2.18. The van der Waals surface area contributed by atoms with Crippen molar-refractivity contribution in [1.29, 1.82) is 0 Å². The van der Waals surface area contributed by atoms with Gasteiger partial charge in [0.15, 0.2) is 0 Å². The largest absolute Gasteiger partial charge is 0.356 e. The lowest BCUT2D eigenvalue weighted by molar-refractivity contribution is -0.129. The smallest absolute Gasteiger partial charge is 0.229 e. The first-order chi connectivity index (χ1) is 11.6. The average Bonchev–Trinajstić information content (AvgIpc) is 2.59. The van der Waals surface area contributed by atoms with Gasteiger partial charge in [0.25, 0.3) is 0 Å². The molecule has 0 aromatic heterocycles. The number of amides is 2. The zero-order valence-corrected chi connectivity index (χ0v) is 14.2. The molecule has 0 aliphatic carbocycles. The molecule has 0 fully saturated rings. The summed E-state index contributed by atoms with van der Waals surface area (Å²) in [5, 5.41) is 6.15. The maximum absolute atomic E-state index is 11.7. The molecule has 0 heterocycles. The Balaban J connectivity index is 1.59. The predicted octanol–water partition coefficient (Wildman–Crippen LogP) is 3.10. The number of carbonyl (C=O) groups excluding carboxylic acids is 2. The van der Waals surface area contributed by atoms with Gasteiger partial charge in [-0.15, -0.1) is 0 Å². The van der Waals surface area contributed by atoms with Crippen LogP contribution >= 0.6 is 11.6 Å². The maximum atomic E-state index is 11.7. The molecule has 5 heteroatoms. The fraction of sp³-hybridized carbons (Fsp3) is 0.263. The SMILES string of the molecule is O=C(CC(=O)NCc1ccc(Cl)cc1)NCCCc1ccccc1. The maximum Gasteiger partial charge on any atom is 0.229 e. The topological polar surface area (TPSA) is 58.2 Å². The van der Waals surface area contributed by atoms with Crippen LogP contribution in [0.5, 0.6) is 0 Å². The molecule has 0 saturated carbocycles. The molecule has 0 aliphatic rings. The lowest BCUT2D eigenvalue weighted by Gasteiger charge is -2.07. The molecule has 2 aromatic rings. The van der Waals surface area contributed by atoms with E-state index in [0.717, 1.165) is 18.4 Å². The Hall–Kier alpha value is -2.33. The second-order valence-corrected chi connectivity index (χ2v) is 5.96. The van der Waals surface area contributed by atoms with Gasteiger partial charge in [0.05, 0.1) is 0 Å². The summed E-state index contributed by atoms with van der Waals surface area (Å²) in [5.74, 6) is -0.540. The second-order valence-electron chi connectivity index (χ2n) is 5.52. The summed E-state index contributed by atoms with van der Waals surface area (Å²) < 4.78 is 0. The van der Waals surface area contributed by atoms with Crippen molar-refractivity contribution in [2.24, 2.45) is 0 Å². The molecular weight excluding hydrogens is 324 g/mol. The van der Waals surface area contributed by atoms with Gasteiger partial charge in [-0.3, -0.25) is 9.59 Å². The molecule has 0 saturated heterocycles. The van der Waals surface area contributed by atoms with Crippen LogP contribution in [-0.4, -0.2) is 18.4 Å². The van der Waals surface area contributed by atoms with Crippen LogP contribution in [0.15, 0.2) is 54.6 Å². The molecule has 2 rings (SSSR count). The summed E-state index contributed by atoms with van der Waals surface area (Å²) in [6, 6.07) is 17.3. The fourth-order valence-electron chi connectivity index (χ4n) is 2.24. The summed E-state index contributed by atoms with van der Waals surface area (Å²) in [6.07, 6.45) is 1.60. The van der Waals surface area contributed by atoms with Crippen LogP contribution in [0.1, 0.15) is 24.0 Å². The van der Waals surface area contributed by atoms with E-state index in [9.17, 15) is 9.59 Å². The van der Waals surface area contributed by atoms with Crippen molar-refractivity contribution in [3.05, 3.63) is 70.7 Å². The minimum atomic E-state index is -0.287. The zero-order chi connectivity index (χ0) is 17.2. The van der Waals surface area contributed by atoms with Crippen LogP contribution in [0.25, 0.3) is 0 Å². The Morgan fingerprint density at radius 3 is 2.21 bits per heavy atom. The molecule has 0 unspecified atom stereocenters. The molecule has 0 atom stereocenters. The van der Waals surface area contributed by atoms with Crippen LogP contribution in [-0.2, 0) is 22.6 Å². The molecule has 126 valence electrons. The van der Waals surface area contributed by atoms with E-state index in [1.165, 1.54) is 5.56 Å². The molecule has 0 bridgehead atoms. The molecule has 0 spiro atoms. The normalized spacial score (nSPS) is 10.2. The van der Waals surface area contributed by atoms with Gasteiger partial charge >= 0.3 is 0 Å². The van der Waals surface area contributed by atoms with E-state index < -0.39 is 0 Å². The van der Waals surface area contributed by atoms with Gasteiger partial charge < -0.3 is 10.6 Å². The van der Waals surface area contributed by atoms with Crippen molar-refractivity contribution >= 4 is 23.4 Å². The van der Waals surface area contributed by atoms with Gasteiger partial charge in [0.2, 0.25) is 11.8 Å². The first kappa shape index (κ1) is 18.0.